The molecule has 2 N–H and O–H groups in total. The van der Waals surface area contributed by atoms with Gasteiger partial charge in [-0.3, -0.25) is 15.6 Å². The van der Waals surface area contributed by atoms with Crippen molar-refractivity contribution in [1.82, 2.24) is 10.4 Å². The highest BCUT2D eigenvalue weighted by molar-refractivity contribution is 8.00. The topological polar surface area (TPSA) is 54.0 Å². The fourth-order valence-electron chi connectivity index (χ4n) is 1.85. The van der Waals surface area contributed by atoms with Crippen LogP contribution in [0.15, 0.2) is 41.3 Å². The molecule has 0 unspecified atom stereocenters. The van der Waals surface area contributed by atoms with E-state index in [1.165, 1.54) is 17.8 Å². The minimum absolute atomic E-state index is 0.0636. The molecule has 0 aliphatic rings. The maximum absolute atomic E-state index is 13.6. The van der Waals surface area contributed by atoms with E-state index in [0.29, 0.717) is 9.72 Å². The monoisotopic (exact) mass is 385 g/mol. The summed E-state index contributed by atoms with van der Waals surface area (Å²) in [6.07, 6.45) is 0. The first-order chi connectivity index (χ1) is 11.5. The summed E-state index contributed by atoms with van der Waals surface area (Å²) >= 11 is 8.18. The number of nitrogens with zero attached hydrogens (tertiary/aromatic N) is 1. The molecule has 9 heteroatoms. The smallest absolute Gasteiger partial charge is 0.248 e. The lowest BCUT2D eigenvalue weighted by atomic mass is 10.3. The lowest BCUT2D eigenvalue weighted by Gasteiger charge is -2.05. The van der Waals surface area contributed by atoms with Crippen LogP contribution < -0.4 is 10.9 Å². The van der Waals surface area contributed by atoms with Crippen molar-refractivity contribution in [2.45, 2.75) is 4.90 Å². The normalized spacial score (nSPS) is 10.8. The number of benzene rings is 2. The van der Waals surface area contributed by atoms with Crippen molar-refractivity contribution < 1.29 is 13.6 Å². The van der Waals surface area contributed by atoms with Gasteiger partial charge in [0.05, 0.1) is 10.5 Å². The molecule has 4 nitrogen and oxygen atoms in total. The number of hydrazine groups is 1. The summed E-state index contributed by atoms with van der Waals surface area (Å²) in [5.74, 6) is -1.50. The number of carbonyl (C=O) groups is 1. The van der Waals surface area contributed by atoms with E-state index in [0.717, 1.165) is 22.3 Å². The Labute approximate surface area is 149 Å². The molecule has 0 saturated carbocycles. The van der Waals surface area contributed by atoms with Crippen LogP contribution in [0.2, 0.25) is 5.02 Å². The molecular formula is C15H10ClF2N3OS2. The largest absolute Gasteiger partial charge is 0.273 e. The summed E-state index contributed by atoms with van der Waals surface area (Å²) in [5.41, 5.74) is 5.15. The van der Waals surface area contributed by atoms with E-state index in [-0.39, 0.29) is 22.3 Å². The molecule has 24 heavy (non-hydrogen) atoms. The number of hydrogen-bond donors (Lipinski definition) is 2. The Kier molecular flexibility index (Phi) is 5.17. The number of rotatable bonds is 5. The van der Waals surface area contributed by atoms with Crippen LogP contribution in [0.3, 0.4) is 0 Å². The standard InChI is InChI=1S/C15H10ClF2N3OS2/c16-8-1-3-10(4-2-8)23-7-13(22)20-21-15-19-14-11(18)5-9(17)6-12(14)24-15/h1-6H,7H2,(H,19,21)(H,20,22). The SMILES string of the molecule is O=C(CSc1ccc(Cl)cc1)NNc1nc2c(F)cc(F)cc2s1. The van der Waals surface area contributed by atoms with E-state index < -0.39 is 11.6 Å². The van der Waals surface area contributed by atoms with Crippen molar-refractivity contribution >= 4 is 56.0 Å². The molecule has 0 bridgehead atoms. The minimum Gasteiger partial charge on any atom is -0.273 e. The molecule has 0 saturated heterocycles. The van der Waals surface area contributed by atoms with Crippen LogP contribution in [-0.2, 0) is 4.79 Å². The van der Waals surface area contributed by atoms with Gasteiger partial charge >= 0.3 is 0 Å². The molecule has 3 aromatic rings. The van der Waals surface area contributed by atoms with Gasteiger partial charge in [-0.2, -0.15) is 0 Å². The molecule has 3 rings (SSSR count). The maximum Gasteiger partial charge on any atom is 0.248 e. The number of nitrogens with one attached hydrogen (secondary N) is 2. The van der Waals surface area contributed by atoms with Crippen molar-refractivity contribution in [2.24, 2.45) is 0 Å². The predicted octanol–water partition coefficient (Wildman–Crippen LogP) is 4.46. The van der Waals surface area contributed by atoms with Gasteiger partial charge in [0.25, 0.3) is 0 Å². The third-order valence-electron chi connectivity index (χ3n) is 2.91. The van der Waals surface area contributed by atoms with Crippen LogP contribution >= 0.6 is 34.7 Å². The van der Waals surface area contributed by atoms with Gasteiger partial charge < -0.3 is 0 Å². The zero-order chi connectivity index (χ0) is 17.1. The van der Waals surface area contributed by atoms with Crippen molar-refractivity contribution in [2.75, 3.05) is 11.2 Å². The molecule has 1 aromatic heterocycles. The lowest BCUT2D eigenvalue weighted by Crippen LogP contribution is -2.30. The molecule has 0 aliphatic carbocycles. The minimum atomic E-state index is -0.737. The molecule has 1 amide bonds. The van der Waals surface area contributed by atoms with Crippen LogP contribution in [0.1, 0.15) is 0 Å². The fourth-order valence-corrected chi connectivity index (χ4v) is 3.53. The molecule has 0 aliphatic heterocycles. The van der Waals surface area contributed by atoms with Gasteiger partial charge in [0, 0.05) is 16.0 Å². The summed E-state index contributed by atoms with van der Waals surface area (Å²) in [5, 5.41) is 0.907. The quantitative estimate of drug-likeness (QED) is 0.503. The zero-order valence-corrected chi connectivity index (χ0v) is 14.4. The first-order valence-corrected chi connectivity index (χ1v) is 8.88. The predicted molar refractivity (Wildman–Crippen MR) is 93.5 cm³/mol. The summed E-state index contributed by atoms with van der Waals surface area (Å²) in [4.78, 5) is 16.7. The van der Waals surface area contributed by atoms with Gasteiger partial charge in [-0.05, 0) is 30.3 Å². The molecule has 0 fully saturated rings. The highest BCUT2D eigenvalue weighted by Gasteiger charge is 2.11. The van der Waals surface area contributed by atoms with Crippen molar-refractivity contribution in [1.29, 1.82) is 0 Å². The van der Waals surface area contributed by atoms with Gasteiger partial charge in [0.1, 0.15) is 11.3 Å². The van der Waals surface area contributed by atoms with Crippen molar-refractivity contribution in [3.05, 3.63) is 53.1 Å². The molecule has 0 atom stereocenters. The van der Waals surface area contributed by atoms with Gasteiger partial charge in [-0.1, -0.05) is 22.9 Å². The molecule has 124 valence electrons. The third kappa shape index (κ3) is 4.14. The number of fused-ring (bicyclic) bond motifs is 1. The van der Waals surface area contributed by atoms with Crippen LogP contribution in [0.25, 0.3) is 10.2 Å². The van der Waals surface area contributed by atoms with Gasteiger partial charge in [0.15, 0.2) is 5.82 Å². The summed E-state index contributed by atoms with van der Waals surface area (Å²) in [6, 6.07) is 9.09. The fraction of sp³-hybridized carbons (Fsp3) is 0.0667. The van der Waals surface area contributed by atoms with E-state index in [1.807, 2.05) is 12.1 Å². The van der Waals surface area contributed by atoms with E-state index in [9.17, 15) is 13.6 Å². The van der Waals surface area contributed by atoms with E-state index in [1.54, 1.807) is 12.1 Å². The molecular weight excluding hydrogens is 376 g/mol. The van der Waals surface area contributed by atoms with Crippen LogP contribution in [0, 0.1) is 11.6 Å². The van der Waals surface area contributed by atoms with Gasteiger partial charge in [0.2, 0.25) is 11.0 Å². The Morgan fingerprint density at radius 1 is 1.25 bits per heavy atom. The first-order valence-electron chi connectivity index (χ1n) is 6.70. The second kappa shape index (κ2) is 7.33. The highest BCUT2D eigenvalue weighted by atomic mass is 35.5. The van der Waals surface area contributed by atoms with Crippen LogP contribution in [0.5, 0.6) is 0 Å². The Morgan fingerprint density at radius 3 is 2.75 bits per heavy atom. The number of anilines is 1. The Bertz CT molecular complexity index is 886. The second-order valence-corrected chi connectivity index (χ2v) is 7.18. The molecule has 2 aromatic carbocycles. The molecule has 1 heterocycles. The van der Waals surface area contributed by atoms with Crippen LogP contribution in [0.4, 0.5) is 13.9 Å². The number of aromatic nitrogens is 1. The first kappa shape index (κ1) is 16.9. The Balaban J connectivity index is 1.56. The van der Waals surface area contributed by atoms with Gasteiger partial charge in [-0.15, -0.1) is 11.8 Å². The average molecular weight is 386 g/mol. The van der Waals surface area contributed by atoms with Gasteiger partial charge in [-0.25, -0.2) is 13.8 Å². The lowest BCUT2D eigenvalue weighted by molar-refractivity contribution is -0.118. The summed E-state index contributed by atoms with van der Waals surface area (Å²) in [6.45, 7) is 0. The zero-order valence-electron chi connectivity index (χ0n) is 12.0. The number of thiazole rings is 1. The number of carbonyl (C=O) groups excluding carboxylic acids is 1. The number of amides is 1. The third-order valence-corrected chi connectivity index (χ3v) is 5.09. The molecule has 0 spiro atoms. The number of halogens is 3. The van der Waals surface area contributed by atoms with E-state index >= 15 is 0 Å². The summed E-state index contributed by atoms with van der Waals surface area (Å²) < 4.78 is 27.1. The van der Waals surface area contributed by atoms with Crippen molar-refractivity contribution in [3.63, 3.8) is 0 Å². The average Bonchev–Trinajstić information content (AvgIpc) is 2.95. The van der Waals surface area contributed by atoms with E-state index in [2.05, 4.69) is 15.8 Å². The van der Waals surface area contributed by atoms with Crippen molar-refractivity contribution in [3.8, 4) is 0 Å². The molecule has 0 radical (unpaired) electrons. The Hall–Kier alpha value is -1.90. The highest BCUT2D eigenvalue weighted by Crippen LogP contribution is 2.28. The Morgan fingerprint density at radius 2 is 2.00 bits per heavy atom. The maximum atomic E-state index is 13.6. The second-order valence-electron chi connectivity index (χ2n) is 4.67. The van der Waals surface area contributed by atoms with E-state index in [4.69, 9.17) is 11.6 Å². The van der Waals surface area contributed by atoms with Crippen LogP contribution in [-0.4, -0.2) is 16.6 Å². The summed E-state index contributed by atoms with van der Waals surface area (Å²) in [7, 11) is 0. The number of hydrogen-bond acceptors (Lipinski definition) is 5. The number of thioether (sulfide) groups is 1.